The second-order valence-electron chi connectivity index (χ2n) is 3.65. The average molecular weight is 126 g/mol. The number of rotatable bonds is 0. The second-order valence-corrected chi connectivity index (χ2v) is 3.65. The largest absolute Gasteiger partial charge is 0.380 e. The summed E-state index contributed by atoms with van der Waals surface area (Å²) in [7, 11) is 0. The van der Waals surface area contributed by atoms with Crippen molar-refractivity contribution in [3.8, 4) is 0 Å². The minimum absolute atomic E-state index is 0.653. The third-order valence-electron chi connectivity index (χ3n) is 3.14. The Morgan fingerprint density at radius 3 is 2.44 bits per heavy atom. The lowest BCUT2D eigenvalue weighted by Crippen LogP contribution is -2.44. The zero-order chi connectivity index (χ0) is 6.32. The van der Waals surface area contributed by atoms with Crippen molar-refractivity contribution in [3.63, 3.8) is 0 Å². The van der Waals surface area contributed by atoms with Crippen LogP contribution in [0.4, 0.5) is 0 Å². The van der Waals surface area contributed by atoms with Crippen LogP contribution in [-0.2, 0) is 4.74 Å². The molecule has 1 heteroatoms. The topological polar surface area (TPSA) is 9.23 Å². The zero-order valence-corrected chi connectivity index (χ0v) is 6.02. The Bertz CT molecular complexity index is 116. The molecule has 0 unspecified atom stereocenters. The predicted molar refractivity (Wildman–Crippen MR) is 36.3 cm³/mol. The molecular formula is C8H14O. The summed E-state index contributed by atoms with van der Waals surface area (Å²) in [6, 6.07) is 0. The quantitative estimate of drug-likeness (QED) is 0.481. The highest BCUT2D eigenvalue weighted by Crippen LogP contribution is 2.48. The Hall–Kier alpha value is -0.0400. The van der Waals surface area contributed by atoms with Gasteiger partial charge in [-0.15, -0.1) is 0 Å². The highest BCUT2D eigenvalue weighted by atomic mass is 16.5. The van der Waals surface area contributed by atoms with E-state index in [0.717, 1.165) is 19.1 Å². The van der Waals surface area contributed by atoms with Gasteiger partial charge in [0.15, 0.2) is 0 Å². The third-order valence-corrected chi connectivity index (χ3v) is 3.14. The molecule has 0 N–H and O–H groups in total. The molecule has 0 radical (unpaired) electrons. The van der Waals surface area contributed by atoms with Crippen LogP contribution in [0.25, 0.3) is 0 Å². The number of hydrogen-bond donors (Lipinski definition) is 0. The zero-order valence-electron chi connectivity index (χ0n) is 6.02. The van der Waals surface area contributed by atoms with Gasteiger partial charge in [0.05, 0.1) is 13.2 Å². The van der Waals surface area contributed by atoms with Crippen LogP contribution < -0.4 is 0 Å². The second kappa shape index (κ2) is 1.72. The van der Waals surface area contributed by atoms with E-state index in [1.807, 2.05) is 0 Å². The molecule has 0 bridgehead atoms. The molecule has 9 heavy (non-hydrogen) atoms. The van der Waals surface area contributed by atoms with Crippen LogP contribution in [0.3, 0.4) is 0 Å². The van der Waals surface area contributed by atoms with Gasteiger partial charge in [0.2, 0.25) is 0 Å². The minimum Gasteiger partial charge on any atom is -0.380 e. The first-order valence-corrected chi connectivity index (χ1v) is 3.91. The van der Waals surface area contributed by atoms with Gasteiger partial charge in [-0.25, -0.2) is 0 Å². The molecule has 0 amide bonds. The Labute approximate surface area is 56.4 Å². The van der Waals surface area contributed by atoms with Gasteiger partial charge in [0.25, 0.3) is 0 Å². The lowest BCUT2D eigenvalue weighted by atomic mass is 9.77. The molecule has 0 aromatic rings. The minimum atomic E-state index is 0.653. The fraction of sp³-hybridized carbons (Fsp3) is 1.00. The summed E-state index contributed by atoms with van der Waals surface area (Å²) in [4.78, 5) is 0. The lowest BCUT2D eigenvalue weighted by molar-refractivity contribution is -0.130. The molecule has 1 saturated heterocycles. The van der Waals surface area contributed by atoms with Crippen LogP contribution in [0.5, 0.6) is 0 Å². The summed E-state index contributed by atoms with van der Waals surface area (Å²) in [5.41, 5.74) is 0.653. The normalized spacial score (nSPS) is 39.0. The average Bonchev–Trinajstić information content (AvgIpc) is 2.07. The van der Waals surface area contributed by atoms with E-state index in [2.05, 4.69) is 6.92 Å². The first kappa shape index (κ1) is 5.72. The maximum Gasteiger partial charge on any atom is 0.0547 e. The summed E-state index contributed by atoms with van der Waals surface area (Å²) in [6.07, 6.45) is 4.29. The Morgan fingerprint density at radius 2 is 2.22 bits per heavy atom. The van der Waals surface area contributed by atoms with E-state index in [-0.39, 0.29) is 0 Å². The first-order valence-electron chi connectivity index (χ1n) is 3.91. The molecule has 1 heterocycles. The maximum absolute atomic E-state index is 5.23. The van der Waals surface area contributed by atoms with Crippen molar-refractivity contribution in [2.45, 2.75) is 26.2 Å². The molecule has 2 fully saturated rings. The van der Waals surface area contributed by atoms with Crippen LogP contribution in [0.15, 0.2) is 0 Å². The van der Waals surface area contributed by atoms with Gasteiger partial charge in [0, 0.05) is 5.41 Å². The third kappa shape index (κ3) is 0.644. The smallest absolute Gasteiger partial charge is 0.0547 e. The standard InChI is InChI=1S/C8H14O/c1-7-3-2-4-8(7)5-9-6-8/h7H,2-6H2,1H3/t7-/m0/s1. The highest BCUT2D eigenvalue weighted by Gasteiger charge is 2.46. The monoisotopic (exact) mass is 126 g/mol. The van der Waals surface area contributed by atoms with Crippen LogP contribution in [0.1, 0.15) is 26.2 Å². The van der Waals surface area contributed by atoms with Crippen LogP contribution in [-0.4, -0.2) is 13.2 Å². The highest BCUT2D eigenvalue weighted by molar-refractivity contribution is 4.94. The fourth-order valence-corrected chi connectivity index (χ4v) is 2.11. The van der Waals surface area contributed by atoms with Gasteiger partial charge in [-0.2, -0.15) is 0 Å². The molecule has 1 saturated carbocycles. The van der Waals surface area contributed by atoms with Crippen molar-refractivity contribution in [2.75, 3.05) is 13.2 Å². The summed E-state index contributed by atoms with van der Waals surface area (Å²) in [5, 5.41) is 0. The van der Waals surface area contributed by atoms with E-state index in [0.29, 0.717) is 5.41 Å². The molecule has 0 aromatic heterocycles. The van der Waals surface area contributed by atoms with Crippen molar-refractivity contribution in [2.24, 2.45) is 11.3 Å². The lowest BCUT2D eigenvalue weighted by Gasteiger charge is -2.41. The van der Waals surface area contributed by atoms with E-state index < -0.39 is 0 Å². The first-order chi connectivity index (χ1) is 4.33. The molecule has 1 atom stereocenters. The summed E-state index contributed by atoms with van der Waals surface area (Å²) in [5.74, 6) is 0.936. The maximum atomic E-state index is 5.23. The van der Waals surface area contributed by atoms with E-state index >= 15 is 0 Å². The van der Waals surface area contributed by atoms with Crippen LogP contribution in [0.2, 0.25) is 0 Å². The van der Waals surface area contributed by atoms with Crippen molar-refractivity contribution >= 4 is 0 Å². The number of hydrogen-bond acceptors (Lipinski definition) is 1. The Morgan fingerprint density at radius 1 is 1.44 bits per heavy atom. The molecule has 1 nitrogen and oxygen atoms in total. The van der Waals surface area contributed by atoms with Crippen molar-refractivity contribution in [1.29, 1.82) is 0 Å². The molecule has 0 aromatic carbocycles. The Balaban J connectivity index is 2.09. The molecule has 1 aliphatic heterocycles. The van der Waals surface area contributed by atoms with Crippen molar-refractivity contribution in [3.05, 3.63) is 0 Å². The summed E-state index contributed by atoms with van der Waals surface area (Å²) in [6.45, 7) is 4.47. The van der Waals surface area contributed by atoms with Gasteiger partial charge < -0.3 is 4.74 Å². The molecule has 2 rings (SSSR count). The molecule has 2 aliphatic rings. The van der Waals surface area contributed by atoms with E-state index in [1.54, 1.807) is 0 Å². The number of ether oxygens (including phenoxy) is 1. The SMILES string of the molecule is C[C@H]1CCCC12COC2. The molecule has 1 aliphatic carbocycles. The van der Waals surface area contributed by atoms with E-state index in [4.69, 9.17) is 4.74 Å². The molecule has 1 spiro atoms. The van der Waals surface area contributed by atoms with Gasteiger partial charge in [-0.3, -0.25) is 0 Å². The summed E-state index contributed by atoms with van der Waals surface area (Å²) < 4.78 is 5.23. The van der Waals surface area contributed by atoms with Gasteiger partial charge in [0.1, 0.15) is 0 Å². The predicted octanol–water partition coefficient (Wildman–Crippen LogP) is 1.82. The van der Waals surface area contributed by atoms with Crippen molar-refractivity contribution in [1.82, 2.24) is 0 Å². The van der Waals surface area contributed by atoms with Crippen molar-refractivity contribution < 1.29 is 4.74 Å². The van der Waals surface area contributed by atoms with E-state index in [1.165, 1.54) is 19.3 Å². The van der Waals surface area contributed by atoms with Crippen LogP contribution >= 0.6 is 0 Å². The van der Waals surface area contributed by atoms with E-state index in [9.17, 15) is 0 Å². The van der Waals surface area contributed by atoms with Crippen LogP contribution in [0, 0.1) is 11.3 Å². The van der Waals surface area contributed by atoms with Gasteiger partial charge in [-0.1, -0.05) is 13.3 Å². The fourth-order valence-electron chi connectivity index (χ4n) is 2.11. The molecular weight excluding hydrogens is 112 g/mol. The molecule has 52 valence electrons. The van der Waals surface area contributed by atoms with Gasteiger partial charge >= 0.3 is 0 Å². The van der Waals surface area contributed by atoms with Gasteiger partial charge in [-0.05, 0) is 18.8 Å². The Kier molecular flexibility index (Phi) is 1.10. The summed E-state index contributed by atoms with van der Waals surface area (Å²) >= 11 is 0.